The Bertz CT molecular complexity index is 529. The molecule has 0 saturated carbocycles. The van der Waals surface area contributed by atoms with Gasteiger partial charge in [-0.15, -0.1) is 0 Å². The van der Waals surface area contributed by atoms with Crippen LogP contribution in [-0.2, 0) is 9.53 Å². The van der Waals surface area contributed by atoms with E-state index in [0.29, 0.717) is 18.8 Å². The molecule has 0 unspecified atom stereocenters. The van der Waals surface area contributed by atoms with Gasteiger partial charge in [0.15, 0.2) is 0 Å². The average Bonchev–Trinajstić information content (AvgIpc) is 2.45. The third-order valence-corrected chi connectivity index (χ3v) is 3.30. The number of carboxylic acids is 1. The highest BCUT2D eigenvalue weighted by Gasteiger charge is 2.18. The molecule has 2 rings (SSSR count). The number of hydrogen-bond acceptors (Lipinski definition) is 3. The van der Waals surface area contributed by atoms with Crippen LogP contribution >= 0.6 is 0 Å². The van der Waals surface area contributed by atoms with E-state index in [2.05, 4.69) is 0 Å². The SMILES string of the molecule is O=C(O)/C(=C/C1CCOCC1)c1ccc([N+](=O)O)cc1. The van der Waals surface area contributed by atoms with E-state index in [1.54, 1.807) is 6.08 Å². The molecule has 1 heterocycles. The molecular weight excluding hydrogens is 262 g/mol. The minimum atomic E-state index is -1.01. The first-order chi connectivity index (χ1) is 9.58. The van der Waals surface area contributed by atoms with Crippen LogP contribution in [0, 0.1) is 10.8 Å². The fraction of sp³-hybridized carbons (Fsp3) is 0.357. The summed E-state index contributed by atoms with van der Waals surface area (Å²) in [7, 11) is 0. The molecule has 1 fully saturated rings. The van der Waals surface area contributed by atoms with Gasteiger partial charge in [0.05, 0.1) is 10.5 Å². The number of nitrogens with zero attached hydrogens (tertiary/aromatic N) is 1. The molecule has 0 aromatic heterocycles. The quantitative estimate of drug-likeness (QED) is 0.652. The van der Waals surface area contributed by atoms with Crippen molar-refractivity contribution >= 4 is 17.2 Å². The second-order valence-corrected chi connectivity index (χ2v) is 4.66. The molecule has 1 aliphatic heterocycles. The highest BCUT2D eigenvalue weighted by Crippen LogP contribution is 2.24. The van der Waals surface area contributed by atoms with Crippen LogP contribution in [0.3, 0.4) is 0 Å². The Morgan fingerprint density at radius 2 is 1.85 bits per heavy atom. The Morgan fingerprint density at radius 3 is 2.35 bits per heavy atom. The molecule has 6 nitrogen and oxygen atoms in total. The van der Waals surface area contributed by atoms with Crippen LogP contribution in [0.5, 0.6) is 0 Å². The van der Waals surface area contributed by atoms with Crippen LogP contribution in [-0.4, -0.2) is 34.4 Å². The molecule has 1 aliphatic rings. The van der Waals surface area contributed by atoms with Gasteiger partial charge in [-0.25, -0.2) is 10.0 Å². The number of aliphatic carboxylic acids is 1. The molecule has 0 aliphatic carbocycles. The summed E-state index contributed by atoms with van der Waals surface area (Å²) in [5, 5.41) is 18.1. The highest BCUT2D eigenvalue weighted by molar-refractivity contribution is 6.15. The molecule has 106 valence electrons. The van der Waals surface area contributed by atoms with Crippen LogP contribution < -0.4 is 0 Å². The van der Waals surface area contributed by atoms with E-state index in [1.807, 2.05) is 0 Å². The summed E-state index contributed by atoms with van der Waals surface area (Å²) in [5.41, 5.74) is 0.776. The van der Waals surface area contributed by atoms with Crippen molar-refractivity contribution < 1.29 is 24.8 Å². The standard InChI is InChI=1S/C14H15NO5/c16-14(17)13(9-10-5-7-20-8-6-10)11-1-3-12(4-2-11)15(18)19/h1-4,9-10H,5-8H2,(H-,16,17,18,19)/p+1/b13-9+. The number of carboxylic acid groups (broad SMARTS) is 1. The molecule has 1 aromatic carbocycles. The number of benzene rings is 1. The minimum Gasteiger partial charge on any atom is -0.478 e. The largest absolute Gasteiger partial charge is 0.478 e. The first-order valence-electron chi connectivity index (χ1n) is 6.37. The van der Waals surface area contributed by atoms with Crippen molar-refractivity contribution in [1.29, 1.82) is 0 Å². The number of hydrogen-bond donors (Lipinski definition) is 2. The predicted octanol–water partition coefficient (Wildman–Crippen LogP) is 2.38. The van der Waals surface area contributed by atoms with Gasteiger partial charge in [-0.3, -0.25) is 0 Å². The zero-order valence-electron chi connectivity index (χ0n) is 10.9. The van der Waals surface area contributed by atoms with E-state index in [9.17, 15) is 14.8 Å². The lowest BCUT2D eigenvalue weighted by Crippen LogP contribution is -2.15. The predicted molar refractivity (Wildman–Crippen MR) is 70.7 cm³/mol. The third kappa shape index (κ3) is 3.42. The molecule has 0 spiro atoms. The van der Waals surface area contributed by atoms with Crippen LogP contribution in [0.25, 0.3) is 5.57 Å². The van der Waals surface area contributed by atoms with Gasteiger partial charge in [0.2, 0.25) is 0 Å². The van der Waals surface area contributed by atoms with Gasteiger partial charge in [0, 0.05) is 25.3 Å². The maximum atomic E-state index is 11.4. The first kappa shape index (κ1) is 14.2. The van der Waals surface area contributed by atoms with Gasteiger partial charge < -0.3 is 9.84 Å². The fourth-order valence-electron chi connectivity index (χ4n) is 2.18. The molecular formula is C14H16NO5+. The summed E-state index contributed by atoms with van der Waals surface area (Å²) >= 11 is 0. The summed E-state index contributed by atoms with van der Waals surface area (Å²) < 4.78 is 5.24. The molecule has 0 atom stereocenters. The normalized spacial score (nSPS) is 16.9. The summed E-state index contributed by atoms with van der Waals surface area (Å²) in [6.07, 6.45) is 3.35. The molecule has 6 heteroatoms. The zero-order chi connectivity index (χ0) is 14.5. The van der Waals surface area contributed by atoms with Crippen molar-refractivity contribution in [2.75, 3.05) is 13.2 Å². The van der Waals surface area contributed by atoms with Gasteiger partial charge >= 0.3 is 11.7 Å². The van der Waals surface area contributed by atoms with E-state index in [1.165, 1.54) is 24.3 Å². The number of rotatable bonds is 4. The molecule has 0 amide bonds. The van der Waals surface area contributed by atoms with Gasteiger partial charge in [-0.1, -0.05) is 6.08 Å². The molecule has 20 heavy (non-hydrogen) atoms. The minimum absolute atomic E-state index is 0.0598. The van der Waals surface area contributed by atoms with Crippen molar-refractivity contribution in [2.24, 2.45) is 5.92 Å². The zero-order valence-corrected chi connectivity index (χ0v) is 10.9. The van der Waals surface area contributed by atoms with Crippen molar-refractivity contribution in [2.45, 2.75) is 12.8 Å². The topological polar surface area (TPSA) is 86.8 Å². The summed E-state index contributed by atoms with van der Waals surface area (Å²) in [5.74, 6) is -0.824. The smallest absolute Gasteiger partial charge is 0.335 e. The Balaban J connectivity index is 2.25. The molecule has 2 N–H and O–H groups in total. The van der Waals surface area contributed by atoms with Gasteiger partial charge in [-0.05, 0) is 36.5 Å². The lowest BCUT2D eigenvalue weighted by molar-refractivity contribution is -0.729. The second kappa shape index (κ2) is 6.29. The molecule has 1 saturated heterocycles. The number of carbonyl (C=O) groups is 1. The van der Waals surface area contributed by atoms with Gasteiger partial charge in [0.25, 0.3) is 4.92 Å². The van der Waals surface area contributed by atoms with Gasteiger partial charge in [-0.2, -0.15) is 0 Å². The van der Waals surface area contributed by atoms with Gasteiger partial charge in [0.1, 0.15) is 0 Å². The lowest BCUT2D eigenvalue weighted by Gasteiger charge is -2.19. The van der Waals surface area contributed by atoms with Crippen LogP contribution in [0.2, 0.25) is 0 Å². The molecule has 1 aromatic rings. The lowest BCUT2D eigenvalue weighted by atomic mass is 9.94. The maximum absolute atomic E-state index is 11.4. The molecule has 0 radical (unpaired) electrons. The monoisotopic (exact) mass is 278 g/mol. The second-order valence-electron chi connectivity index (χ2n) is 4.66. The third-order valence-electron chi connectivity index (χ3n) is 3.30. The maximum Gasteiger partial charge on any atom is 0.335 e. The highest BCUT2D eigenvalue weighted by atomic mass is 16.6. The van der Waals surface area contributed by atoms with E-state index < -0.39 is 5.97 Å². The van der Waals surface area contributed by atoms with Crippen molar-refractivity contribution in [3.8, 4) is 0 Å². The number of ether oxygens (including phenoxy) is 1. The van der Waals surface area contributed by atoms with Crippen LogP contribution in [0.1, 0.15) is 18.4 Å². The summed E-state index contributed by atoms with van der Waals surface area (Å²) in [6, 6.07) is 5.78. The molecule has 0 bridgehead atoms. The van der Waals surface area contributed by atoms with E-state index in [0.717, 1.165) is 12.8 Å². The van der Waals surface area contributed by atoms with Crippen LogP contribution in [0.15, 0.2) is 30.3 Å². The fourth-order valence-corrected chi connectivity index (χ4v) is 2.18. The Kier molecular flexibility index (Phi) is 4.47. The van der Waals surface area contributed by atoms with E-state index in [-0.39, 0.29) is 22.1 Å². The van der Waals surface area contributed by atoms with Crippen molar-refractivity contribution in [3.63, 3.8) is 0 Å². The van der Waals surface area contributed by atoms with Crippen molar-refractivity contribution in [1.82, 2.24) is 0 Å². The van der Waals surface area contributed by atoms with Crippen LogP contribution in [0.4, 0.5) is 5.69 Å². The Hall–Kier alpha value is -2.21. The first-order valence-corrected chi connectivity index (χ1v) is 6.37. The number of allylic oxidation sites excluding steroid dienone is 1. The average molecular weight is 278 g/mol. The Morgan fingerprint density at radius 1 is 1.25 bits per heavy atom. The van der Waals surface area contributed by atoms with E-state index in [4.69, 9.17) is 9.94 Å². The Labute approximate surface area is 115 Å². The summed E-state index contributed by atoms with van der Waals surface area (Å²) in [6.45, 7) is 1.28. The van der Waals surface area contributed by atoms with Crippen molar-refractivity contribution in [3.05, 3.63) is 40.8 Å². The summed E-state index contributed by atoms with van der Waals surface area (Å²) in [4.78, 5) is 21.8. The van der Waals surface area contributed by atoms with E-state index >= 15 is 0 Å².